The molecule has 0 unspecified atom stereocenters. The number of benzene rings is 3. The van der Waals surface area contributed by atoms with Gasteiger partial charge in [-0.1, -0.05) is 60.7 Å². The van der Waals surface area contributed by atoms with Gasteiger partial charge in [-0.05, 0) is 60.2 Å². The first-order valence-electron chi connectivity index (χ1n) is 11.9. The van der Waals surface area contributed by atoms with Gasteiger partial charge in [0.05, 0.1) is 5.56 Å². The van der Waals surface area contributed by atoms with Gasteiger partial charge in [-0.2, -0.15) is 0 Å². The molecule has 3 aromatic carbocycles. The van der Waals surface area contributed by atoms with E-state index in [1.54, 1.807) is 12.1 Å². The van der Waals surface area contributed by atoms with Crippen LogP contribution in [0, 0.1) is 0 Å². The molecule has 5 nitrogen and oxygen atoms in total. The number of carbonyl (C=O) groups excluding carboxylic acids is 1. The number of fused-ring (bicyclic) bond motifs is 1. The summed E-state index contributed by atoms with van der Waals surface area (Å²) in [6.07, 6.45) is 6.30. The largest absolute Gasteiger partial charge is 0.438 e. The Morgan fingerprint density at radius 3 is 2.38 bits per heavy atom. The number of amides is 1. The molecule has 0 bridgehead atoms. The van der Waals surface area contributed by atoms with Crippen LogP contribution in [0.1, 0.15) is 53.1 Å². The van der Waals surface area contributed by atoms with Gasteiger partial charge in [-0.15, -0.1) is 0 Å². The van der Waals surface area contributed by atoms with E-state index in [0.717, 1.165) is 17.7 Å². The Kier molecular flexibility index (Phi) is 6.54. The van der Waals surface area contributed by atoms with Gasteiger partial charge in [0.15, 0.2) is 0 Å². The molecular weight excluding hydrogens is 422 g/mol. The standard InChI is InChI=1S/C29H29N3O2/c30-29(33)23-14-17-28(32-19-23)34-27-11-5-9-25-22(8-4-10-26(25)27)18-31-24-15-12-21(13-16-24)20-6-2-1-3-7-20/h1-11,14,17,19,21,24,31H,12-13,15-16,18H2,(H2,30,33)/t21-,24+. The minimum atomic E-state index is -0.505. The van der Waals surface area contributed by atoms with Crippen molar-refractivity contribution in [1.29, 1.82) is 0 Å². The molecule has 5 heteroatoms. The lowest BCUT2D eigenvalue weighted by atomic mass is 9.82. The number of aromatic nitrogens is 1. The topological polar surface area (TPSA) is 77.2 Å². The van der Waals surface area contributed by atoms with Crippen molar-refractivity contribution in [2.24, 2.45) is 5.73 Å². The van der Waals surface area contributed by atoms with Crippen LogP contribution in [0.15, 0.2) is 85.1 Å². The molecule has 3 N–H and O–H groups in total. The van der Waals surface area contributed by atoms with Crippen LogP contribution in [0.3, 0.4) is 0 Å². The predicted molar refractivity (Wildman–Crippen MR) is 135 cm³/mol. The van der Waals surface area contributed by atoms with Gasteiger partial charge >= 0.3 is 0 Å². The van der Waals surface area contributed by atoms with Crippen LogP contribution in [0.2, 0.25) is 0 Å². The van der Waals surface area contributed by atoms with Crippen molar-refractivity contribution in [2.45, 2.75) is 44.2 Å². The van der Waals surface area contributed by atoms with E-state index in [1.165, 1.54) is 48.4 Å². The first-order chi connectivity index (χ1) is 16.7. The van der Waals surface area contributed by atoms with Gasteiger partial charge in [-0.25, -0.2) is 4.98 Å². The minimum absolute atomic E-state index is 0.358. The number of hydrogen-bond donors (Lipinski definition) is 2. The minimum Gasteiger partial charge on any atom is -0.438 e. The maximum atomic E-state index is 11.3. The summed E-state index contributed by atoms with van der Waals surface area (Å²) in [7, 11) is 0. The number of ether oxygens (including phenoxy) is 1. The van der Waals surface area contributed by atoms with Crippen LogP contribution in [0.5, 0.6) is 11.6 Å². The number of primary amides is 1. The highest BCUT2D eigenvalue weighted by atomic mass is 16.5. The number of nitrogens with two attached hydrogens (primary N) is 1. The van der Waals surface area contributed by atoms with Crippen LogP contribution < -0.4 is 15.8 Å². The van der Waals surface area contributed by atoms with E-state index in [4.69, 9.17) is 10.5 Å². The summed E-state index contributed by atoms with van der Waals surface area (Å²) in [5.74, 6) is 1.34. The Morgan fingerprint density at radius 1 is 0.882 bits per heavy atom. The van der Waals surface area contributed by atoms with Crippen molar-refractivity contribution < 1.29 is 9.53 Å². The summed E-state index contributed by atoms with van der Waals surface area (Å²) in [5, 5.41) is 5.99. The van der Waals surface area contributed by atoms with Crippen LogP contribution in [-0.2, 0) is 6.54 Å². The zero-order valence-corrected chi connectivity index (χ0v) is 19.1. The third kappa shape index (κ3) is 4.95. The zero-order chi connectivity index (χ0) is 23.3. The monoisotopic (exact) mass is 451 g/mol. The Hall–Kier alpha value is -3.70. The average molecular weight is 452 g/mol. The molecular formula is C29H29N3O2. The number of hydrogen-bond acceptors (Lipinski definition) is 4. The highest BCUT2D eigenvalue weighted by Crippen LogP contribution is 2.34. The molecule has 1 heterocycles. The van der Waals surface area contributed by atoms with Gasteiger partial charge < -0.3 is 15.8 Å². The lowest BCUT2D eigenvalue weighted by Gasteiger charge is -2.29. The Labute approximate surface area is 200 Å². The van der Waals surface area contributed by atoms with Crippen LogP contribution >= 0.6 is 0 Å². The second-order valence-corrected chi connectivity index (χ2v) is 8.96. The third-order valence-corrected chi connectivity index (χ3v) is 6.79. The average Bonchev–Trinajstić information content (AvgIpc) is 2.89. The SMILES string of the molecule is NC(=O)c1ccc(Oc2cccc3c(CN[C@H]4CC[C@@H](c5ccccc5)CC4)cccc23)nc1. The van der Waals surface area contributed by atoms with Crippen molar-refractivity contribution in [3.8, 4) is 11.6 Å². The number of pyridine rings is 1. The second kappa shape index (κ2) is 10.1. The van der Waals surface area contributed by atoms with E-state index in [9.17, 15) is 4.79 Å². The number of carbonyl (C=O) groups is 1. The van der Waals surface area contributed by atoms with Gasteiger partial charge in [-0.3, -0.25) is 4.79 Å². The van der Waals surface area contributed by atoms with Crippen LogP contribution in [0.4, 0.5) is 0 Å². The quantitative estimate of drug-likeness (QED) is 0.364. The van der Waals surface area contributed by atoms with Crippen LogP contribution in [0.25, 0.3) is 10.8 Å². The maximum absolute atomic E-state index is 11.3. The molecule has 1 aliphatic carbocycles. The molecule has 0 spiro atoms. The normalized spacial score (nSPS) is 18.0. The smallest absolute Gasteiger partial charge is 0.250 e. The maximum Gasteiger partial charge on any atom is 0.250 e. The van der Waals surface area contributed by atoms with Crippen molar-refractivity contribution >= 4 is 16.7 Å². The fourth-order valence-electron chi connectivity index (χ4n) is 4.90. The molecule has 34 heavy (non-hydrogen) atoms. The Balaban J connectivity index is 1.25. The molecule has 1 fully saturated rings. The number of nitrogens with one attached hydrogen (secondary N) is 1. The molecule has 0 aliphatic heterocycles. The van der Waals surface area contributed by atoms with Gasteiger partial charge in [0.25, 0.3) is 0 Å². The third-order valence-electron chi connectivity index (χ3n) is 6.79. The molecule has 0 radical (unpaired) electrons. The lowest BCUT2D eigenvalue weighted by molar-refractivity contribution is 0.1000. The Bertz CT molecular complexity index is 1260. The van der Waals surface area contributed by atoms with Crippen molar-refractivity contribution in [1.82, 2.24) is 10.3 Å². The summed E-state index contributed by atoms with van der Waals surface area (Å²) in [6, 6.07) is 27.1. The molecule has 1 saturated carbocycles. The number of rotatable bonds is 7. The van der Waals surface area contributed by atoms with E-state index in [-0.39, 0.29) is 0 Å². The van der Waals surface area contributed by atoms with Crippen LogP contribution in [-0.4, -0.2) is 16.9 Å². The zero-order valence-electron chi connectivity index (χ0n) is 19.1. The van der Waals surface area contributed by atoms with E-state index >= 15 is 0 Å². The molecule has 0 saturated heterocycles. The van der Waals surface area contributed by atoms with E-state index in [1.807, 2.05) is 12.1 Å². The summed E-state index contributed by atoms with van der Waals surface area (Å²) < 4.78 is 6.05. The highest BCUT2D eigenvalue weighted by Gasteiger charge is 2.22. The summed E-state index contributed by atoms with van der Waals surface area (Å²) in [6.45, 7) is 0.826. The molecule has 5 rings (SSSR count). The fraction of sp³-hybridized carbons (Fsp3) is 0.241. The summed E-state index contributed by atoms with van der Waals surface area (Å²) in [4.78, 5) is 15.5. The Morgan fingerprint density at radius 2 is 1.65 bits per heavy atom. The predicted octanol–water partition coefficient (Wildman–Crippen LogP) is 5.94. The number of nitrogens with zero attached hydrogens (tertiary/aromatic N) is 1. The summed E-state index contributed by atoms with van der Waals surface area (Å²) in [5.41, 5.74) is 8.38. The first kappa shape index (κ1) is 22.1. The molecule has 172 valence electrons. The van der Waals surface area contributed by atoms with E-state index in [0.29, 0.717) is 23.4 Å². The second-order valence-electron chi connectivity index (χ2n) is 8.96. The highest BCUT2D eigenvalue weighted by molar-refractivity contribution is 5.92. The first-order valence-corrected chi connectivity index (χ1v) is 11.9. The fourth-order valence-corrected chi connectivity index (χ4v) is 4.90. The van der Waals surface area contributed by atoms with Gasteiger partial charge in [0.2, 0.25) is 11.8 Å². The molecule has 1 amide bonds. The van der Waals surface area contributed by atoms with Gasteiger partial charge in [0.1, 0.15) is 5.75 Å². The molecule has 4 aromatic rings. The molecule has 1 aromatic heterocycles. The van der Waals surface area contributed by atoms with E-state index < -0.39 is 5.91 Å². The molecule has 1 aliphatic rings. The van der Waals surface area contributed by atoms with Crippen molar-refractivity contribution in [3.63, 3.8) is 0 Å². The van der Waals surface area contributed by atoms with Gasteiger partial charge in [0, 0.05) is 30.2 Å². The summed E-state index contributed by atoms with van der Waals surface area (Å²) >= 11 is 0. The van der Waals surface area contributed by atoms with E-state index in [2.05, 4.69) is 64.9 Å². The molecule has 0 atom stereocenters. The van der Waals surface area contributed by atoms with Crippen molar-refractivity contribution in [3.05, 3.63) is 102 Å². The van der Waals surface area contributed by atoms with Crippen molar-refractivity contribution in [2.75, 3.05) is 0 Å². The lowest BCUT2D eigenvalue weighted by Crippen LogP contribution is -2.32.